The van der Waals surface area contributed by atoms with E-state index in [0.29, 0.717) is 18.4 Å². The molecule has 0 spiro atoms. The lowest BCUT2D eigenvalue weighted by Gasteiger charge is -2.11. The van der Waals surface area contributed by atoms with Crippen molar-refractivity contribution in [1.29, 1.82) is 0 Å². The smallest absolute Gasteiger partial charge is 0.257 e. The predicted molar refractivity (Wildman–Crippen MR) is 97.3 cm³/mol. The molecule has 0 aliphatic heterocycles. The summed E-state index contributed by atoms with van der Waals surface area (Å²) >= 11 is 4.99. The Morgan fingerprint density at radius 3 is 2.29 bits per heavy atom. The van der Waals surface area contributed by atoms with E-state index in [0.717, 1.165) is 11.1 Å². The maximum Gasteiger partial charge on any atom is 0.257 e. The van der Waals surface area contributed by atoms with Crippen molar-refractivity contribution in [2.75, 3.05) is 0 Å². The van der Waals surface area contributed by atoms with Gasteiger partial charge in [0.2, 0.25) is 5.91 Å². The minimum atomic E-state index is -0.328. The first-order valence-electron chi connectivity index (χ1n) is 7.55. The van der Waals surface area contributed by atoms with E-state index in [2.05, 4.69) is 16.2 Å². The molecule has 2 amide bonds. The number of hydrazine groups is 1. The number of aryl methyl sites for hydroxylation is 2. The van der Waals surface area contributed by atoms with Gasteiger partial charge < -0.3 is 0 Å². The summed E-state index contributed by atoms with van der Waals surface area (Å²) < 4.78 is 0. The van der Waals surface area contributed by atoms with Crippen LogP contribution < -0.4 is 16.2 Å². The van der Waals surface area contributed by atoms with Gasteiger partial charge in [-0.15, -0.1) is 0 Å². The maximum atomic E-state index is 12.0. The standard InChI is InChI=1S/C18H19N3O2S/c1-13-7-10-15(11-8-13)17(23)19-18(24)21-20-16(22)12-9-14-5-3-2-4-6-14/h2-8,10-11H,9,12H2,1H3,(H,20,22)(H2,19,21,23,24). The summed E-state index contributed by atoms with van der Waals surface area (Å²) in [5, 5.41) is 2.56. The van der Waals surface area contributed by atoms with E-state index >= 15 is 0 Å². The van der Waals surface area contributed by atoms with E-state index in [1.165, 1.54) is 0 Å². The van der Waals surface area contributed by atoms with Crippen LogP contribution in [0.25, 0.3) is 0 Å². The van der Waals surface area contributed by atoms with Crippen LogP contribution in [0.1, 0.15) is 27.9 Å². The van der Waals surface area contributed by atoms with Crippen LogP contribution in [0.4, 0.5) is 0 Å². The van der Waals surface area contributed by atoms with Gasteiger partial charge in [-0.25, -0.2) is 0 Å². The van der Waals surface area contributed by atoms with Crippen LogP contribution in [0.5, 0.6) is 0 Å². The fourth-order valence-corrected chi connectivity index (χ4v) is 2.15. The first-order chi connectivity index (χ1) is 11.5. The van der Waals surface area contributed by atoms with Crippen molar-refractivity contribution in [1.82, 2.24) is 16.2 Å². The van der Waals surface area contributed by atoms with Gasteiger partial charge in [-0.3, -0.25) is 25.8 Å². The van der Waals surface area contributed by atoms with Crippen LogP contribution in [0, 0.1) is 6.92 Å². The molecular formula is C18H19N3O2S. The van der Waals surface area contributed by atoms with Crippen molar-refractivity contribution in [3.8, 4) is 0 Å². The lowest BCUT2D eigenvalue weighted by atomic mass is 10.1. The quantitative estimate of drug-likeness (QED) is 0.589. The molecule has 2 aromatic carbocycles. The highest BCUT2D eigenvalue weighted by Crippen LogP contribution is 2.03. The number of rotatable bonds is 4. The van der Waals surface area contributed by atoms with Gasteiger partial charge in [0.15, 0.2) is 5.11 Å². The molecule has 0 bridgehead atoms. The van der Waals surface area contributed by atoms with Crippen molar-refractivity contribution in [3.05, 3.63) is 71.3 Å². The van der Waals surface area contributed by atoms with Gasteiger partial charge in [0.25, 0.3) is 5.91 Å². The van der Waals surface area contributed by atoms with Crippen molar-refractivity contribution in [2.24, 2.45) is 0 Å². The fourth-order valence-electron chi connectivity index (χ4n) is 2.00. The Hall–Kier alpha value is -2.73. The van der Waals surface area contributed by atoms with Crippen LogP contribution >= 0.6 is 12.2 Å². The molecule has 0 radical (unpaired) electrons. The van der Waals surface area contributed by atoms with Crippen molar-refractivity contribution in [2.45, 2.75) is 19.8 Å². The highest BCUT2D eigenvalue weighted by molar-refractivity contribution is 7.80. The summed E-state index contributed by atoms with van der Waals surface area (Å²) in [5.41, 5.74) is 7.66. The van der Waals surface area contributed by atoms with Gasteiger partial charge >= 0.3 is 0 Å². The fraction of sp³-hybridized carbons (Fsp3) is 0.167. The highest BCUT2D eigenvalue weighted by atomic mass is 32.1. The molecule has 0 aliphatic carbocycles. The maximum absolute atomic E-state index is 12.0. The number of nitrogens with one attached hydrogen (secondary N) is 3. The van der Waals surface area contributed by atoms with Gasteiger partial charge in [-0.2, -0.15) is 0 Å². The molecule has 124 valence electrons. The number of benzene rings is 2. The Morgan fingerprint density at radius 2 is 1.62 bits per heavy atom. The Balaban J connectivity index is 1.71. The van der Waals surface area contributed by atoms with E-state index in [9.17, 15) is 9.59 Å². The van der Waals surface area contributed by atoms with Crippen molar-refractivity contribution < 1.29 is 9.59 Å². The third-order valence-corrected chi connectivity index (χ3v) is 3.54. The zero-order valence-electron chi connectivity index (χ0n) is 13.3. The van der Waals surface area contributed by atoms with Crippen molar-refractivity contribution in [3.63, 3.8) is 0 Å². The Morgan fingerprint density at radius 1 is 0.958 bits per heavy atom. The molecule has 2 rings (SSSR count). The molecule has 0 saturated heterocycles. The molecule has 6 heteroatoms. The topological polar surface area (TPSA) is 70.2 Å². The summed E-state index contributed by atoms with van der Waals surface area (Å²) in [6, 6.07) is 16.8. The number of carbonyl (C=O) groups excluding carboxylic acids is 2. The van der Waals surface area contributed by atoms with Crippen molar-refractivity contribution >= 4 is 29.1 Å². The minimum Gasteiger partial charge on any atom is -0.298 e. The predicted octanol–water partition coefficient (Wildman–Crippen LogP) is 2.26. The van der Waals surface area contributed by atoms with Crippen LogP contribution in [0.2, 0.25) is 0 Å². The molecule has 0 heterocycles. The van der Waals surface area contributed by atoms with Gasteiger partial charge in [0, 0.05) is 12.0 Å². The van der Waals surface area contributed by atoms with Gasteiger partial charge in [0.05, 0.1) is 0 Å². The number of carbonyl (C=O) groups is 2. The van der Waals surface area contributed by atoms with Crippen LogP contribution in [0.3, 0.4) is 0 Å². The molecule has 24 heavy (non-hydrogen) atoms. The molecule has 0 atom stereocenters. The second-order valence-corrected chi connectivity index (χ2v) is 5.72. The summed E-state index contributed by atoms with van der Waals surface area (Å²) in [4.78, 5) is 23.7. The van der Waals surface area contributed by atoms with E-state index in [4.69, 9.17) is 12.2 Å². The highest BCUT2D eigenvalue weighted by Gasteiger charge is 2.08. The number of thiocarbonyl (C=S) groups is 1. The molecule has 3 N–H and O–H groups in total. The molecular weight excluding hydrogens is 322 g/mol. The van der Waals surface area contributed by atoms with Crippen LogP contribution in [-0.4, -0.2) is 16.9 Å². The van der Waals surface area contributed by atoms with E-state index in [1.54, 1.807) is 12.1 Å². The Kier molecular flexibility index (Phi) is 6.45. The van der Waals surface area contributed by atoms with E-state index in [1.807, 2.05) is 49.4 Å². The van der Waals surface area contributed by atoms with Crippen LogP contribution in [-0.2, 0) is 11.2 Å². The molecule has 2 aromatic rings. The van der Waals surface area contributed by atoms with E-state index in [-0.39, 0.29) is 16.9 Å². The summed E-state index contributed by atoms with van der Waals surface area (Å²) in [6.07, 6.45) is 0.961. The normalized spacial score (nSPS) is 9.88. The molecule has 5 nitrogen and oxygen atoms in total. The largest absolute Gasteiger partial charge is 0.298 e. The first kappa shape index (κ1) is 17.6. The molecule has 0 saturated carbocycles. The van der Waals surface area contributed by atoms with E-state index < -0.39 is 0 Å². The first-order valence-corrected chi connectivity index (χ1v) is 7.96. The number of hydrogen-bond acceptors (Lipinski definition) is 3. The Bertz CT molecular complexity index is 715. The molecule has 0 unspecified atom stereocenters. The third kappa shape index (κ3) is 5.81. The molecule has 0 fully saturated rings. The van der Waals surface area contributed by atoms with Gasteiger partial charge in [-0.05, 0) is 43.3 Å². The lowest BCUT2D eigenvalue weighted by Crippen LogP contribution is -2.48. The second kappa shape index (κ2) is 8.79. The average molecular weight is 341 g/mol. The monoisotopic (exact) mass is 341 g/mol. The lowest BCUT2D eigenvalue weighted by molar-refractivity contribution is -0.121. The Labute approximate surface area is 146 Å². The number of hydrogen-bond donors (Lipinski definition) is 3. The number of amides is 2. The third-order valence-electron chi connectivity index (χ3n) is 3.34. The van der Waals surface area contributed by atoms with Crippen LogP contribution in [0.15, 0.2) is 54.6 Å². The summed E-state index contributed by atoms with van der Waals surface area (Å²) in [5.74, 6) is -0.531. The summed E-state index contributed by atoms with van der Waals surface area (Å²) in [6.45, 7) is 1.94. The van der Waals surface area contributed by atoms with Gasteiger partial charge in [0.1, 0.15) is 0 Å². The molecule has 0 aromatic heterocycles. The zero-order chi connectivity index (χ0) is 17.4. The molecule has 0 aliphatic rings. The SMILES string of the molecule is Cc1ccc(C(=O)NC(=S)NNC(=O)CCc2ccccc2)cc1. The minimum absolute atomic E-state index is 0.0497. The zero-order valence-corrected chi connectivity index (χ0v) is 14.2. The second-order valence-electron chi connectivity index (χ2n) is 5.31. The average Bonchev–Trinajstić information content (AvgIpc) is 2.59. The summed E-state index contributed by atoms with van der Waals surface area (Å²) in [7, 11) is 0. The van der Waals surface area contributed by atoms with Gasteiger partial charge in [-0.1, -0.05) is 48.0 Å².